The summed E-state index contributed by atoms with van der Waals surface area (Å²) in [5.74, 6) is 0.664. The van der Waals surface area contributed by atoms with Crippen molar-refractivity contribution in [1.29, 1.82) is 5.41 Å². The van der Waals surface area contributed by atoms with Crippen LogP contribution in [0.15, 0.2) is 4.34 Å². The fourth-order valence-electron chi connectivity index (χ4n) is 0.476. The average Bonchev–Trinajstić information content (AvgIpc) is 2.31. The Kier molecular flexibility index (Phi) is 2.84. The molecule has 0 bridgehead atoms. The Morgan fingerprint density at radius 3 is 2.91 bits per heavy atom. The normalized spacial score (nSPS) is 9.91. The van der Waals surface area contributed by atoms with Crippen LogP contribution in [0.25, 0.3) is 0 Å². The van der Waals surface area contributed by atoms with Crippen LogP contribution in [0, 0.1) is 12.3 Å². The SMILES string of the molecule is Cc1nnc(SCC(=N)N)s1. The van der Waals surface area contributed by atoms with E-state index in [2.05, 4.69) is 10.2 Å². The Morgan fingerprint density at radius 2 is 2.45 bits per heavy atom. The number of aryl methyl sites for hydroxylation is 1. The molecule has 0 saturated carbocycles. The molecule has 0 atom stereocenters. The van der Waals surface area contributed by atoms with Gasteiger partial charge in [0.15, 0.2) is 4.34 Å². The molecule has 6 heteroatoms. The minimum absolute atomic E-state index is 0.169. The van der Waals surface area contributed by atoms with Crippen molar-refractivity contribution in [2.45, 2.75) is 11.3 Å². The van der Waals surface area contributed by atoms with Gasteiger partial charge >= 0.3 is 0 Å². The summed E-state index contributed by atoms with van der Waals surface area (Å²) in [7, 11) is 0. The maximum absolute atomic E-state index is 6.96. The standard InChI is InChI=1S/C5H8N4S2/c1-3-8-9-5(11-3)10-2-4(6)7/h2H2,1H3,(H3,6,7). The van der Waals surface area contributed by atoms with Crippen molar-refractivity contribution in [3.05, 3.63) is 5.01 Å². The maximum atomic E-state index is 6.96. The van der Waals surface area contributed by atoms with E-state index < -0.39 is 0 Å². The second-order valence-electron chi connectivity index (χ2n) is 1.90. The van der Waals surface area contributed by atoms with Crippen LogP contribution in [-0.4, -0.2) is 21.8 Å². The van der Waals surface area contributed by atoms with Crippen molar-refractivity contribution in [3.63, 3.8) is 0 Å². The third-order valence-corrected chi connectivity index (χ3v) is 2.88. The Labute approximate surface area is 72.7 Å². The zero-order valence-electron chi connectivity index (χ0n) is 6.00. The van der Waals surface area contributed by atoms with Crippen LogP contribution >= 0.6 is 23.1 Å². The van der Waals surface area contributed by atoms with Crippen LogP contribution in [0.2, 0.25) is 0 Å². The summed E-state index contributed by atoms with van der Waals surface area (Å²) in [6.45, 7) is 1.90. The molecule has 1 aromatic heterocycles. The van der Waals surface area contributed by atoms with Gasteiger partial charge in [-0.15, -0.1) is 10.2 Å². The highest BCUT2D eigenvalue weighted by Crippen LogP contribution is 2.20. The number of nitrogens with two attached hydrogens (primary N) is 1. The van der Waals surface area contributed by atoms with E-state index in [4.69, 9.17) is 11.1 Å². The maximum Gasteiger partial charge on any atom is 0.174 e. The molecule has 3 N–H and O–H groups in total. The van der Waals surface area contributed by atoms with Crippen LogP contribution in [0.4, 0.5) is 0 Å². The molecule has 4 nitrogen and oxygen atoms in total. The number of thioether (sulfide) groups is 1. The van der Waals surface area contributed by atoms with Gasteiger partial charge in [0.1, 0.15) is 10.8 Å². The molecule has 0 fully saturated rings. The Balaban J connectivity index is 2.45. The molecular formula is C5H8N4S2. The summed E-state index contributed by atoms with van der Waals surface area (Å²) in [6, 6.07) is 0. The number of hydrogen-bond acceptors (Lipinski definition) is 5. The Bertz CT molecular complexity index is 257. The molecule has 0 aliphatic carbocycles. The van der Waals surface area contributed by atoms with Crippen molar-refractivity contribution >= 4 is 28.9 Å². The van der Waals surface area contributed by atoms with E-state index in [0.717, 1.165) is 9.35 Å². The summed E-state index contributed by atoms with van der Waals surface area (Å²) in [5, 5.41) is 15.6. The molecule has 1 aromatic rings. The minimum Gasteiger partial charge on any atom is -0.387 e. The monoisotopic (exact) mass is 188 g/mol. The first-order valence-corrected chi connectivity index (χ1v) is 4.74. The van der Waals surface area contributed by atoms with Crippen LogP contribution in [0.1, 0.15) is 5.01 Å². The second kappa shape index (κ2) is 3.68. The van der Waals surface area contributed by atoms with Gasteiger partial charge in [0.05, 0.1) is 5.75 Å². The molecule has 60 valence electrons. The molecule has 0 aliphatic heterocycles. The lowest BCUT2D eigenvalue weighted by Crippen LogP contribution is -2.11. The first-order chi connectivity index (χ1) is 5.18. The van der Waals surface area contributed by atoms with Crippen LogP contribution in [0.3, 0.4) is 0 Å². The summed E-state index contributed by atoms with van der Waals surface area (Å²) in [6.07, 6.45) is 0. The first kappa shape index (κ1) is 8.48. The van der Waals surface area contributed by atoms with Crippen molar-refractivity contribution in [3.8, 4) is 0 Å². The van der Waals surface area contributed by atoms with E-state index in [1.54, 1.807) is 0 Å². The Hall–Kier alpha value is -0.620. The first-order valence-electron chi connectivity index (χ1n) is 2.94. The summed E-state index contributed by atoms with van der Waals surface area (Å²) in [4.78, 5) is 0. The number of amidine groups is 1. The second-order valence-corrected chi connectivity index (χ2v) is 4.31. The molecular weight excluding hydrogens is 180 g/mol. The molecule has 1 heterocycles. The fraction of sp³-hybridized carbons (Fsp3) is 0.400. The molecule has 11 heavy (non-hydrogen) atoms. The van der Waals surface area contributed by atoms with E-state index >= 15 is 0 Å². The van der Waals surface area contributed by atoms with Gasteiger partial charge in [-0.25, -0.2) is 0 Å². The summed E-state index contributed by atoms with van der Waals surface area (Å²) in [5.41, 5.74) is 5.17. The molecule has 0 saturated heterocycles. The summed E-state index contributed by atoms with van der Waals surface area (Å²) >= 11 is 2.96. The van der Waals surface area contributed by atoms with Gasteiger partial charge < -0.3 is 5.73 Å². The molecule has 0 radical (unpaired) electrons. The van der Waals surface area contributed by atoms with Gasteiger partial charge in [-0.2, -0.15) is 0 Å². The molecule has 0 unspecified atom stereocenters. The van der Waals surface area contributed by atoms with Gasteiger partial charge in [-0.05, 0) is 6.92 Å². The van der Waals surface area contributed by atoms with Gasteiger partial charge in [0, 0.05) is 0 Å². The lowest BCUT2D eigenvalue weighted by molar-refractivity contribution is 0.985. The van der Waals surface area contributed by atoms with E-state index in [0.29, 0.717) is 5.75 Å². The minimum atomic E-state index is 0.169. The fourth-order valence-corrected chi connectivity index (χ4v) is 2.04. The van der Waals surface area contributed by atoms with Gasteiger partial charge in [0.25, 0.3) is 0 Å². The molecule has 0 aromatic carbocycles. The smallest absolute Gasteiger partial charge is 0.174 e. The van der Waals surface area contributed by atoms with E-state index in [9.17, 15) is 0 Å². The number of aromatic nitrogens is 2. The van der Waals surface area contributed by atoms with Crippen molar-refractivity contribution in [2.24, 2.45) is 5.73 Å². The highest BCUT2D eigenvalue weighted by atomic mass is 32.2. The lowest BCUT2D eigenvalue weighted by Gasteiger charge is -1.91. The Morgan fingerprint density at radius 1 is 1.73 bits per heavy atom. The predicted molar refractivity (Wildman–Crippen MR) is 47.3 cm³/mol. The van der Waals surface area contributed by atoms with E-state index in [-0.39, 0.29) is 5.84 Å². The zero-order chi connectivity index (χ0) is 8.27. The number of rotatable bonds is 3. The molecule has 0 amide bonds. The highest BCUT2D eigenvalue weighted by Gasteiger charge is 2.00. The van der Waals surface area contributed by atoms with Gasteiger partial charge in [-0.1, -0.05) is 23.1 Å². The zero-order valence-corrected chi connectivity index (χ0v) is 7.63. The van der Waals surface area contributed by atoms with Crippen LogP contribution in [-0.2, 0) is 0 Å². The number of nitrogens with zero attached hydrogens (tertiary/aromatic N) is 2. The molecule has 0 aliphatic rings. The molecule has 0 spiro atoms. The quantitative estimate of drug-likeness (QED) is 0.419. The van der Waals surface area contributed by atoms with Gasteiger partial charge in [-0.3, -0.25) is 5.41 Å². The summed E-state index contributed by atoms with van der Waals surface area (Å²) < 4.78 is 0.873. The van der Waals surface area contributed by atoms with Crippen molar-refractivity contribution in [1.82, 2.24) is 10.2 Å². The van der Waals surface area contributed by atoms with Gasteiger partial charge in [0.2, 0.25) is 0 Å². The van der Waals surface area contributed by atoms with Crippen LogP contribution < -0.4 is 5.73 Å². The number of nitrogens with one attached hydrogen (secondary N) is 1. The average molecular weight is 188 g/mol. The van der Waals surface area contributed by atoms with E-state index in [1.807, 2.05) is 6.92 Å². The predicted octanol–water partition coefficient (Wildman–Crippen LogP) is 0.875. The van der Waals surface area contributed by atoms with Crippen molar-refractivity contribution in [2.75, 3.05) is 5.75 Å². The van der Waals surface area contributed by atoms with E-state index in [1.165, 1.54) is 23.1 Å². The topological polar surface area (TPSA) is 75.7 Å². The highest BCUT2D eigenvalue weighted by molar-refractivity contribution is 8.01. The van der Waals surface area contributed by atoms with Crippen molar-refractivity contribution < 1.29 is 0 Å². The lowest BCUT2D eigenvalue weighted by atomic mass is 10.7. The molecule has 1 rings (SSSR count). The third kappa shape index (κ3) is 2.85. The third-order valence-electron chi connectivity index (χ3n) is 0.859. The largest absolute Gasteiger partial charge is 0.387 e. The van der Waals surface area contributed by atoms with Crippen LogP contribution in [0.5, 0.6) is 0 Å². The number of hydrogen-bond donors (Lipinski definition) is 2.